The third-order valence-electron chi connectivity index (χ3n) is 4.51. The first kappa shape index (κ1) is 13.3. The minimum Gasteiger partial charge on any atom is -0.381 e. The lowest BCUT2D eigenvalue weighted by atomic mass is 9.79. The van der Waals surface area contributed by atoms with Gasteiger partial charge >= 0.3 is 0 Å². The zero-order valence-corrected chi connectivity index (χ0v) is 11.5. The van der Waals surface area contributed by atoms with Crippen LogP contribution >= 0.6 is 0 Å². The molecule has 2 rings (SSSR count). The van der Waals surface area contributed by atoms with Crippen molar-refractivity contribution in [3.8, 4) is 0 Å². The number of ether oxygens (including phenoxy) is 1. The van der Waals surface area contributed by atoms with Crippen LogP contribution in [0.3, 0.4) is 0 Å². The number of nitrogens with zero attached hydrogens (tertiary/aromatic N) is 1. The van der Waals surface area contributed by atoms with Gasteiger partial charge in [-0.05, 0) is 51.1 Å². The van der Waals surface area contributed by atoms with E-state index < -0.39 is 0 Å². The largest absolute Gasteiger partial charge is 0.381 e. The fourth-order valence-electron chi connectivity index (χ4n) is 3.32. The predicted octanol–water partition coefficient (Wildman–Crippen LogP) is 1.73. The lowest BCUT2D eigenvalue weighted by Crippen LogP contribution is -2.47. The van der Waals surface area contributed by atoms with Crippen LogP contribution < -0.4 is 5.32 Å². The first-order valence-electron chi connectivity index (χ1n) is 7.15. The van der Waals surface area contributed by atoms with Crippen LogP contribution in [0.15, 0.2) is 0 Å². The van der Waals surface area contributed by atoms with Crippen molar-refractivity contribution in [3.63, 3.8) is 0 Å². The topological polar surface area (TPSA) is 24.5 Å². The van der Waals surface area contributed by atoms with Crippen LogP contribution in [-0.2, 0) is 4.74 Å². The Hall–Kier alpha value is -0.120. The molecule has 3 nitrogen and oxygen atoms in total. The molecule has 0 radical (unpaired) electrons. The molecule has 1 N–H and O–H groups in total. The molecule has 0 spiro atoms. The fourth-order valence-corrected chi connectivity index (χ4v) is 3.32. The molecule has 17 heavy (non-hydrogen) atoms. The van der Waals surface area contributed by atoms with E-state index >= 15 is 0 Å². The molecule has 1 heterocycles. The standard InChI is InChI=1S/C14H28N2O/c1-15-11-14(6-8-17-9-7-14)12-16(2)10-13-4-3-5-13/h13,15H,3-12H2,1-2H3. The highest BCUT2D eigenvalue weighted by Crippen LogP contribution is 2.32. The van der Waals surface area contributed by atoms with E-state index in [0.717, 1.165) is 25.7 Å². The molecule has 2 fully saturated rings. The van der Waals surface area contributed by atoms with Crippen molar-refractivity contribution in [1.29, 1.82) is 0 Å². The molecule has 1 aliphatic carbocycles. The van der Waals surface area contributed by atoms with E-state index in [9.17, 15) is 0 Å². The molecular formula is C14H28N2O. The molecule has 1 aliphatic heterocycles. The Morgan fingerprint density at radius 1 is 1.29 bits per heavy atom. The van der Waals surface area contributed by atoms with Gasteiger partial charge in [0.05, 0.1) is 0 Å². The van der Waals surface area contributed by atoms with Crippen molar-refractivity contribution >= 4 is 0 Å². The zero-order valence-electron chi connectivity index (χ0n) is 11.5. The van der Waals surface area contributed by atoms with Gasteiger partial charge in [0, 0.05) is 32.8 Å². The highest BCUT2D eigenvalue weighted by molar-refractivity contribution is 4.87. The first-order valence-corrected chi connectivity index (χ1v) is 7.15. The van der Waals surface area contributed by atoms with Gasteiger partial charge in [-0.25, -0.2) is 0 Å². The SMILES string of the molecule is CNCC1(CN(C)CC2CCC2)CCOCC1. The Kier molecular flexibility index (Phi) is 4.83. The van der Waals surface area contributed by atoms with Crippen LogP contribution in [0.2, 0.25) is 0 Å². The normalized spacial score (nSPS) is 24.9. The summed E-state index contributed by atoms with van der Waals surface area (Å²) in [6.07, 6.45) is 6.78. The van der Waals surface area contributed by atoms with Crippen LogP contribution in [0, 0.1) is 11.3 Å². The number of nitrogens with one attached hydrogen (secondary N) is 1. The lowest BCUT2D eigenvalue weighted by molar-refractivity contribution is -0.00320. The van der Waals surface area contributed by atoms with Crippen molar-refractivity contribution < 1.29 is 4.74 Å². The van der Waals surface area contributed by atoms with Crippen LogP contribution in [0.25, 0.3) is 0 Å². The second-order valence-corrected chi connectivity index (χ2v) is 6.14. The van der Waals surface area contributed by atoms with Crippen LogP contribution in [0.4, 0.5) is 0 Å². The average molecular weight is 240 g/mol. The molecule has 0 atom stereocenters. The summed E-state index contributed by atoms with van der Waals surface area (Å²) in [7, 11) is 4.37. The molecule has 1 saturated heterocycles. The van der Waals surface area contributed by atoms with E-state index in [1.807, 2.05) is 0 Å². The van der Waals surface area contributed by atoms with Gasteiger partial charge in [-0.2, -0.15) is 0 Å². The predicted molar refractivity (Wildman–Crippen MR) is 71.3 cm³/mol. The van der Waals surface area contributed by atoms with E-state index in [4.69, 9.17) is 4.74 Å². The molecule has 1 saturated carbocycles. The summed E-state index contributed by atoms with van der Waals surface area (Å²) in [5.41, 5.74) is 0.450. The third-order valence-corrected chi connectivity index (χ3v) is 4.51. The van der Waals surface area contributed by atoms with E-state index in [-0.39, 0.29) is 0 Å². The zero-order chi connectivity index (χ0) is 12.1. The molecule has 0 aromatic carbocycles. The molecule has 100 valence electrons. The second-order valence-electron chi connectivity index (χ2n) is 6.14. The summed E-state index contributed by atoms with van der Waals surface area (Å²) in [5, 5.41) is 3.38. The monoisotopic (exact) mass is 240 g/mol. The minimum atomic E-state index is 0.450. The van der Waals surface area contributed by atoms with Gasteiger partial charge in [-0.3, -0.25) is 0 Å². The maximum absolute atomic E-state index is 5.52. The van der Waals surface area contributed by atoms with E-state index in [1.54, 1.807) is 0 Å². The third kappa shape index (κ3) is 3.67. The Bertz CT molecular complexity index is 217. The van der Waals surface area contributed by atoms with E-state index in [2.05, 4.69) is 24.3 Å². The quantitative estimate of drug-likeness (QED) is 0.765. The summed E-state index contributed by atoms with van der Waals surface area (Å²) in [4.78, 5) is 2.56. The summed E-state index contributed by atoms with van der Waals surface area (Å²) in [5.74, 6) is 0.978. The number of rotatable bonds is 6. The highest BCUT2D eigenvalue weighted by Gasteiger charge is 2.33. The van der Waals surface area contributed by atoms with Gasteiger partial charge < -0.3 is 15.0 Å². The van der Waals surface area contributed by atoms with Crippen molar-refractivity contribution in [2.45, 2.75) is 32.1 Å². The van der Waals surface area contributed by atoms with Gasteiger partial charge in [0.1, 0.15) is 0 Å². The minimum absolute atomic E-state index is 0.450. The number of hydrogen-bond donors (Lipinski definition) is 1. The van der Waals surface area contributed by atoms with Crippen LogP contribution in [0.1, 0.15) is 32.1 Å². The van der Waals surface area contributed by atoms with Crippen LogP contribution in [-0.4, -0.2) is 51.8 Å². The summed E-state index contributed by atoms with van der Waals surface area (Å²) >= 11 is 0. The lowest BCUT2D eigenvalue weighted by Gasteiger charge is -2.41. The van der Waals surface area contributed by atoms with E-state index in [1.165, 1.54) is 45.2 Å². The van der Waals surface area contributed by atoms with Crippen molar-refractivity contribution in [3.05, 3.63) is 0 Å². The first-order chi connectivity index (χ1) is 8.24. The Morgan fingerprint density at radius 2 is 2.00 bits per heavy atom. The number of hydrogen-bond acceptors (Lipinski definition) is 3. The van der Waals surface area contributed by atoms with Gasteiger partial charge in [-0.15, -0.1) is 0 Å². The average Bonchev–Trinajstić information content (AvgIpc) is 2.25. The van der Waals surface area contributed by atoms with Gasteiger partial charge in [0.2, 0.25) is 0 Å². The fraction of sp³-hybridized carbons (Fsp3) is 1.00. The highest BCUT2D eigenvalue weighted by atomic mass is 16.5. The molecular weight excluding hydrogens is 212 g/mol. The molecule has 0 aromatic rings. The molecule has 0 unspecified atom stereocenters. The van der Waals surface area contributed by atoms with Crippen molar-refractivity contribution in [2.24, 2.45) is 11.3 Å². The summed E-state index contributed by atoms with van der Waals surface area (Å²) in [6, 6.07) is 0. The Balaban J connectivity index is 1.82. The van der Waals surface area contributed by atoms with Gasteiger partial charge in [0.15, 0.2) is 0 Å². The van der Waals surface area contributed by atoms with Crippen molar-refractivity contribution in [1.82, 2.24) is 10.2 Å². The molecule has 0 bridgehead atoms. The molecule has 0 amide bonds. The smallest absolute Gasteiger partial charge is 0.0472 e. The van der Waals surface area contributed by atoms with Crippen molar-refractivity contribution in [2.75, 3.05) is 46.9 Å². The summed E-state index contributed by atoms with van der Waals surface area (Å²) < 4.78 is 5.52. The van der Waals surface area contributed by atoms with E-state index in [0.29, 0.717) is 5.41 Å². The molecule has 0 aromatic heterocycles. The maximum Gasteiger partial charge on any atom is 0.0472 e. The van der Waals surface area contributed by atoms with Crippen LogP contribution in [0.5, 0.6) is 0 Å². The second kappa shape index (κ2) is 6.17. The molecule has 3 heteroatoms. The molecule has 2 aliphatic rings. The van der Waals surface area contributed by atoms with Gasteiger partial charge in [-0.1, -0.05) is 6.42 Å². The maximum atomic E-state index is 5.52. The Labute approximate surface area is 106 Å². The summed E-state index contributed by atoms with van der Waals surface area (Å²) in [6.45, 7) is 5.54. The Morgan fingerprint density at radius 3 is 2.53 bits per heavy atom. The van der Waals surface area contributed by atoms with Gasteiger partial charge in [0.25, 0.3) is 0 Å².